The van der Waals surface area contributed by atoms with Gasteiger partial charge in [-0.3, -0.25) is 9.48 Å². The van der Waals surface area contributed by atoms with Gasteiger partial charge in [0.15, 0.2) is 28.8 Å². The lowest BCUT2D eigenvalue weighted by molar-refractivity contribution is -0.142. The molecule has 3 heterocycles. The monoisotopic (exact) mass is 506 g/mol. The molecule has 0 bridgehead atoms. The first-order chi connectivity index (χ1) is 15.9. The molecule has 0 aliphatic heterocycles. The fourth-order valence-electron chi connectivity index (χ4n) is 3.08. The van der Waals surface area contributed by atoms with E-state index in [-0.39, 0.29) is 23.1 Å². The molecule has 34 heavy (non-hydrogen) atoms. The molecular weight excluding hydrogens is 497 g/mol. The highest BCUT2D eigenvalue weighted by Crippen LogP contribution is 2.32. The van der Waals surface area contributed by atoms with Crippen molar-refractivity contribution in [2.24, 2.45) is 0 Å². The Labute approximate surface area is 189 Å². The largest absolute Gasteiger partial charge is 0.433 e. The smallest absolute Gasteiger partial charge is 0.318 e. The fourth-order valence-corrected chi connectivity index (χ4v) is 3.32. The first-order valence-electron chi connectivity index (χ1n) is 9.15. The first-order valence-corrected chi connectivity index (χ1v) is 9.53. The van der Waals surface area contributed by atoms with Crippen LogP contribution in [-0.4, -0.2) is 30.3 Å². The number of fused-ring (bicyclic) bond motifs is 1. The third-order valence-electron chi connectivity index (χ3n) is 4.59. The molecule has 15 heteroatoms. The summed E-state index contributed by atoms with van der Waals surface area (Å²) in [6.07, 6.45) is -2.67. The van der Waals surface area contributed by atoms with Crippen LogP contribution in [0.25, 0.3) is 5.65 Å². The number of aromatic nitrogens is 5. The van der Waals surface area contributed by atoms with E-state index in [0.29, 0.717) is 4.52 Å². The van der Waals surface area contributed by atoms with Crippen molar-refractivity contribution in [3.05, 3.63) is 75.5 Å². The molecule has 1 aromatic carbocycles. The second-order valence-corrected chi connectivity index (χ2v) is 7.38. The van der Waals surface area contributed by atoms with Crippen molar-refractivity contribution in [2.75, 3.05) is 5.32 Å². The van der Waals surface area contributed by atoms with Gasteiger partial charge >= 0.3 is 6.18 Å². The van der Waals surface area contributed by atoms with Crippen molar-refractivity contribution in [3.63, 3.8) is 0 Å². The number of aryl methyl sites for hydroxylation is 1. The molecule has 0 saturated heterocycles. The number of halogens is 8. The average Bonchev–Trinajstić information content (AvgIpc) is 3.32. The number of carbonyl (C=O) groups is 1. The number of alkyl halides is 3. The highest BCUT2D eigenvalue weighted by Gasteiger charge is 2.36. The molecule has 4 rings (SSSR count). The van der Waals surface area contributed by atoms with Crippen LogP contribution in [0.4, 0.5) is 36.4 Å². The number of hydrogen-bond acceptors (Lipinski definition) is 4. The van der Waals surface area contributed by atoms with Gasteiger partial charge in [-0.2, -0.15) is 23.4 Å². The van der Waals surface area contributed by atoms with Crippen molar-refractivity contribution < 1.29 is 35.5 Å². The molecule has 178 valence electrons. The van der Waals surface area contributed by atoms with E-state index in [1.807, 2.05) is 0 Å². The molecule has 0 fully saturated rings. The van der Waals surface area contributed by atoms with Crippen LogP contribution in [-0.2, 0) is 12.7 Å². The minimum absolute atomic E-state index is 0.00782. The molecule has 7 nitrogen and oxygen atoms in total. The minimum Gasteiger partial charge on any atom is -0.318 e. The molecule has 0 saturated carbocycles. The molecule has 0 unspecified atom stereocenters. The van der Waals surface area contributed by atoms with Crippen LogP contribution in [0.1, 0.15) is 27.4 Å². The molecule has 3 aromatic heterocycles. The molecule has 0 spiro atoms. The lowest BCUT2D eigenvalue weighted by atomic mass is 10.2. The normalized spacial score (nSPS) is 11.9. The van der Waals surface area contributed by atoms with Gasteiger partial charge in [0.25, 0.3) is 5.91 Å². The van der Waals surface area contributed by atoms with E-state index in [4.69, 9.17) is 11.6 Å². The van der Waals surface area contributed by atoms with Crippen LogP contribution in [0.3, 0.4) is 0 Å². The number of nitrogens with one attached hydrogen (secondary N) is 1. The standard InChI is InChI=1S/C19H10ClF7N6O/c1-7-2-12(19(25,26)27)33-17(29-7)13(20)16(31-33)18(34)30-8-4-28-32(5-8)6-9-10(21)3-11(22)15(24)14(9)23/h2-5H,6H2,1H3,(H,30,34). The van der Waals surface area contributed by atoms with Crippen molar-refractivity contribution in [3.8, 4) is 0 Å². The second-order valence-electron chi connectivity index (χ2n) is 7.01. The van der Waals surface area contributed by atoms with Gasteiger partial charge in [-0.15, -0.1) is 0 Å². The summed E-state index contributed by atoms with van der Waals surface area (Å²) in [5.41, 5.74) is -3.04. The summed E-state index contributed by atoms with van der Waals surface area (Å²) in [7, 11) is 0. The van der Waals surface area contributed by atoms with E-state index >= 15 is 0 Å². The lowest BCUT2D eigenvalue weighted by Crippen LogP contribution is -2.15. The third-order valence-corrected chi connectivity index (χ3v) is 4.93. The number of anilines is 1. The number of benzene rings is 1. The molecular formula is C19H10ClF7N6O. The van der Waals surface area contributed by atoms with E-state index in [1.165, 1.54) is 6.92 Å². The predicted octanol–water partition coefficient (Wildman–Crippen LogP) is 4.76. The van der Waals surface area contributed by atoms with Gasteiger partial charge in [-0.05, 0) is 13.0 Å². The third kappa shape index (κ3) is 4.16. The van der Waals surface area contributed by atoms with E-state index < -0.39 is 63.9 Å². The van der Waals surface area contributed by atoms with Crippen molar-refractivity contribution in [1.82, 2.24) is 24.4 Å². The summed E-state index contributed by atoms with van der Waals surface area (Å²) in [5, 5.41) is 9.20. The van der Waals surface area contributed by atoms with Crippen molar-refractivity contribution >= 4 is 28.8 Å². The SMILES string of the molecule is Cc1cc(C(F)(F)F)n2nc(C(=O)Nc3cnn(Cc4c(F)cc(F)c(F)c4F)c3)c(Cl)c2n1. The van der Waals surface area contributed by atoms with Gasteiger partial charge in [0.05, 0.1) is 18.4 Å². The number of hydrogen-bond donors (Lipinski definition) is 1. The Kier molecular flexibility index (Phi) is 5.71. The number of rotatable bonds is 4. The predicted molar refractivity (Wildman–Crippen MR) is 103 cm³/mol. The Morgan fingerprint density at radius 2 is 1.82 bits per heavy atom. The molecule has 1 amide bonds. The number of nitrogens with zero attached hydrogens (tertiary/aromatic N) is 5. The maximum atomic E-state index is 13.9. The molecule has 1 N–H and O–H groups in total. The average molecular weight is 507 g/mol. The van der Waals surface area contributed by atoms with Crippen molar-refractivity contribution in [1.29, 1.82) is 0 Å². The highest BCUT2D eigenvalue weighted by atomic mass is 35.5. The summed E-state index contributed by atoms with van der Waals surface area (Å²) in [6.45, 7) is 0.656. The maximum absolute atomic E-state index is 13.9. The first kappa shape index (κ1) is 23.5. The Morgan fingerprint density at radius 3 is 2.50 bits per heavy atom. The van der Waals surface area contributed by atoms with E-state index in [2.05, 4.69) is 20.5 Å². The Balaban J connectivity index is 1.61. The van der Waals surface area contributed by atoms with E-state index in [1.54, 1.807) is 0 Å². The van der Waals surface area contributed by atoms with Gasteiger partial charge in [-0.25, -0.2) is 27.1 Å². The summed E-state index contributed by atoms with van der Waals surface area (Å²) >= 11 is 6.04. The summed E-state index contributed by atoms with van der Waals surface area (Å²) in [5.74, 6) is -7.67. The zero-order valence-corrected chi connectivity index (χ0v) is 17.4. The second kappa shape index (κ2) is 8.27. The highest BCUT2D eigenvalue weighted by molar-refractivity contribution is 6.37. The molecule has 0 atom stereocenters. The molecule has 4 aromatic rings. The van der Waals surface area contributed by atoms with Crippen LogP contribution < -0.4 is 5.32 Å². The zero-order chi connectivity index (χ0) is 24.9. The summed E-state index contributed by atoms with van der Waals surface area (Å²) in [4.78, 5) is 16.5. The number of carbonyl (C=O) groups excluding carboxylic acids is 1. The van der Waals surface area contributed by atoms with Crippen LogP contribution in [0, 0.1) is 30.2 Å². The quantitative estimate of drug-likeness (QED) is 0.246. The minimum atomic E-state index is -4.81. The number of amides is 1. The molecule has 0 aliphatic carbocycles. The molecule has 0 radical (unpaired) electrons. The van der Waals surface area contributed by atoms with Gasteiger partial charge in [0.2, 0.25) is 0 Å². The zero-order valence-electron chi connectivity index (χ0n) is 16.7. The lowest BCUT2D eigenvalue weighted by Gasteiger charge is -2.09. The van der Waals surface area contributed by atoms with Crippen LogP contribution in [0.5, 0.6) is 0 Å². The van der Waals surface area contributed by atoms with Crippen LogP contribution in [0.2, 0.25) is 5.02 Å². The van der Waals surface area contributed by atoms with Crippen LogP contribution in [0.15, 0.2) is 24.5 Å². The Morgan fingerprint density at radius 1 is 1.12 bits per heavy atom. The van der Waals surface area contributed by atoms with Gasteiger partial charge in [-0.1, -0.05) is 11.6 Å². The van der Waals surface area contributed by atoms with E-state index in [9.17, 15) is 35.5 Å². The van der Waals surface area contributed by atoms with Gasteiger partial charge in [0.1, 0.15) is 16.5 Å². The van der Waals surface area contributed by atoms with Gasteiger partial charge in [0, 0.05) is 23.5 Å². The fraction of sp³-hybridized carbons (Fsp3) is 0.158. The topological polar surface area (TPSA) is 77.1 Å². The molecule has 0 aliphatic rings. The van der Waals surface area contributed by atoms with Crippen molar-refractivity contribution in [2.45, 2.75) is 19.6 Å². The Bertz CT molecular complexity index is 1450. The van der Waals surface area contributed by atoms with Crippen LogP contribution >= 0.6 is 11.6 Å². The maximum Gasteiger partial charge on any atom is 0.433 e. The summed E-state index contributed by atoms with van der Waals surface area (Å²) < 4.78 is 95.5. The van der Waals surface area contributed by atoms with Gasteiger partial charge < -0.3 is 5.32 Å². The van der Waals surface area contributed by atoms with E-state index in [0.717, 1.165) is 23.1 Å². The Hall–Kier alpha value is -3.68. The summed E-state index contributed by atoms with van der Waals surface area (Å²) in [6, 6.07) is 0.912.